The summed E-state index contributed by atoms with van der Waals surface area (Å²) in [5.41, 5.74) is -0.211. The summed E-state index contributed by atoms with van der Waals surface area (Å²) in [6.07, 6.45) is -0.593. The van der Waals surface area contributed by atoms with Crippen LogP contribution >= 0.6 is 0 Å². The van der Waals surface area contributed by atoms with Gasteiger partial charge in [0.15, 0.2) is 6.61 Å². The van der Waals surface area contributed by atoms with Crippen LogP contribution in [0.25, 0.3) is 0 Å². The van der Waals surface area contributed by atoms with Crippen molar-refractivity contribution in [3.8, 4) is 5.75 Å². The highest BCUT2D eigenvalue weighted by Gasteiger charge is 2.29. The van der Waals surface area contributed by atoms with Gasteiger partial charge in [-0.1, -0.05) is 12.2 Å². The molecule has 0 saturated carbocycles. The van der Waals surface area contributed by atoms with Crippen molar-refractivity contribution in [1.82, 2.24) is 5.32 Å². The molecule has 132 valence electrons. The van der Waals surface area contributed by atoms with Crippen LogP contribution in [0.15, 0.2) is 30.4 Å². The number of benzene rings is 1. The first-order valence-corrected chi connectivity index (χ1v) is 7.12. The smallest absolute Gasteiger partial charge is 0.422 e. The van der Waals surface area contributed by atoms with Crippen molar-refractivity contribution >= 4 is 11.7 Å². The van der Waals surface area contributed by atoms with Gasteiger partial charge in [-0.3, -0.25) is 0 Å². The molecule has 2 amide bonds. The highest BCUT2D eigenvalue weighted by atomic mass is 19.4. The van der Waals surface area contributed by atoms with Crippen molar-refractivity contribution in [1.29, 1.82) is 0 Å². The predicted molar refractivity (Wildman–Crippen MR) is 78.2 cm³/mol. The molecule has 0 saturated heterocycles. The molecular formula is C15H16F4N2O3. The van der Waals surface area contributed by atoms with Gasteiger partial charge in [-0.2, -0.15) is 13.2 Å². The SMILES string of the molecule is O=C(Nc1cc(F)ccc1OCC(F)(F)F)N[C@@H]1C=C[C@H](CO)C1. The van der Waals surface area contributed by atoms with Crippen LogP contribution in [0.3, 0.4) is 0 Å². The Morgan fingerprint density at radius 2 is 2.08 bits per heavy atom. The van der Waals surface area contributed by atoms with Crippen LogP contribution in [0.1, 0.15) is 6.42 Å². The van der Waals surface area contributed by atoms with Crippen molar-refractivity contribution < 1.29 is 32.2 Å². The number of nitrogens with one attached hydrogen (secondary N) is 2. The molecule has 1 aromatic carbocycles. The maximum Gasteiger partial charge on any atom is 0.422 e. The maximum absolute atomic E-state index is 13.3. The second kappa shape index (κ2) is 7.52. The van der Waals surface area contributed by atoms with Crippen LogP contribution in [-0.4, -0.2) is 36.6 Å². The lowest BCUT2D eigenvalue weighted by molar-refractivity contribution is -0.153. The van der Waals surface area contributed by atoms with E-state index in [4.69, 9.17) is 5.11 Å². The Bertz CT molecular complexity index is 619. The summed E-state index contributed by atoms with van der Waals surface area (Å²) < 4.78 is 54.6. The second-order valence-electron chi connectivity index (χ2n) is 5.31. The topological polar surface area (TPSA) is 70.6 Å². The van der Waals surface area contributed by atoms with Gasteiger partial charge in [-0.05, 0) is 18.6 Å². The van der Waals surface area contributed by atoms with E-state index in [9.17, 15) is 22.4 Å². The summed E-state index contributed by atoms with van der Waals surface area (Å²) >= 11 is 0. The van der Waals surface area contributed by atoms with E-state index in [1.54, 1.807) is 12.2 Å². The number of alkyl halides is 3. The van der Waals surface area contributed by atoms with Gasteiger partial charge in [0.2, 0.25) is 0 Å². The van der Waals surface area contributed by atoms with Crippen molar-refractivity contribution in [2.24, 2.45) is 5.92 Å². The van der Waals surface area contributed by atoms with Crippen LogP contribution in [0.4, 0.5) is 28.0 Å². The van der Waals surface area contributed by atoms with E-state index in [-0.39, 0.29) is 30.0 Å². The third kappa shape index (κ3) is 5.41. The largest absolute Gasteiger partial charge is 0.482 e. The molecule has 0 radical (unpaired) electrons. The Morgan fingerprint density at radius 3 is 2.71 bits per heavy atom. The molecular weight excluding hydrogens is 332 g/mol. The highest BCUT2D eigenvalue weighted by molar-refractivity contribution is 5.91. The third-order valence-electron chi connectivity index (χ3n) is 3.30. The number of carbonyl (C=O) groups is 1. The first-order valence-electron chi connectivity index (χ1n) is 7.12. The van der Waals surface area contributed by atoms with Gasteiger partial charge in [0, 0.05) is 24.6 Å². The monoisotopic (exact) mass is 348 g/mol. The third-order valence-corrected chi connectivity index (χ3v) is 3.30. The first kappa shape index (κ1) is 18.1. The average Bonchev–Trinajstić information content (AvgIpc) is 2.93. The lowest BCUT2D eigenvalue weighted by atomic mass is 10.1. The molecule has 24 heavy (non-hydrogen) atoms. The molecule has 0 spiro atoms. The summed E-state index contributed by atoms with van der Waals surface area (Å²) in [7, 11) is 0. The Labute approximate surface area is 135 Å². The van der Waals surface area contributed by atoms with Crippen LogP contribution in [0, 0.1) is 11.7 Å². The minimum atomic E-state index is -4.55. The molecule has 0 aliphatic heterocycles. The van der Waals surface area contributed by atoms with Crippen molar-refractivity contribution in [3.05, 3.63) is 36.2 Å². The fourth-order valence-electron chi connectivity index (χ4n) is 2.23. The first-order chi connectivity index (χ1) is 11.3. The Kier molecular flexibility index (Phi) is 5.66. The van der Waals surface area contributed by atoms with E-state index in [1.807, 2.05) is 0 Å². The molecule has 0 aromatic heterocycles. The van der Waals surface area contributed by atoms with Crippen molar-refractivity contribution in [3.63, 3.8) is 0 Å². The number of rotatable bonds is 5. The number of hydrogen-bond donors (Lipinski definition) is 3. The normalized spacial score (nSPS) is 20.0. The lowest BCUT2D eigenvalue weighted by Crippen LogP contribution is -2.36. The summed E-state index contributed by atoms with van der Waals surface area (Å²) in [6.45, 7) is -1.60. The minimum Gasteiger partial charge on any atom is -0.482 e. The molecule has 1 aromatic rings. The molecule has 0 unspecified atom stereocenters. The highest BCUT2D eigenvalue weighted by Crippen LogP contribution is 2.27. The van der Waals surface area contributed by atoms with Gasteiger partial charge in [-0.25, -0.2) is 9.18 Å². The number of urea groups is 1. The number of aliphatic hydroxyl groups is 1. The zero-order chi connectivity index (χ0) is 17.7. The van der Waals surface area contributed by atoms with E-state index in [0.29, 0.717) is 6.42 Å². The van der Waals surface area contributed by atoms with E-state index in [2.05, 4.69) is 15.4 Å². The molecule has 5 nitrogen and oxygen atoms in total. The van der Waals surface area contributed by atoms with Gasteiger partial charge in [-0.15, -0.1) is 0 Å². The molecule has 1 aliphatic carbocycles. The number of halogens is 4. The molecule has 1 aliphatic rings. The minimum absolute atomic E-state index is 0.0460. The number of carbonyl (C=O) groups excluding carboxylic acids is 1. The lowest BCUT2D eigenvalue weighted by Gasteiger charge is -2.16. The van der Waals surface area contributed by atoms with Crippen LogP contribution < -0.4 is 15.4 Å². The van der Waals surface area contributed by atoms with E-state index in [1.165, 1.54) is 0 Å². The van der Waals surface area contributed by atoms with E-state index < -0.39 is 24.6 Å². The number of ether oxygens (including phenoxy) is 1. The predicted octanol–water partition coefficient (Wildman–Crippen LogP) is 2.83. The zero-order valence-electron chi connectivity index (χ0n) is 12.4. The summed E-state index contributed by atoms with van der Waals surface area (Å²) in [4.78, 5) is 11.9. The molecule has 9 heteroatoms. The van der Waals surface area contributed by atoms with Crippen LogP contribution in [-0.2, 0) is 0 Å². The summed E-state index contributed by atoms with van der Waals surface area (Å²) in [5, 5.41) is 13.8. The molecule has 0 fully saturated rings. The van der Waals surface area contributed by atoms with E-state index in [0.717, 1.165) is 18.2 Å². The van der Waals surface area contributed by atoms with Crippen molar-refractivity contribution in [2.75, 3.05) is 18.5 Å². The van der Waals surface area contributed by atoms with Gasteiger partial charge in [0.1, 0.15) is 11.6 Å². The maximum atomic E-state index is 13.3. The zero-order valence-corrected chi connectivity index (χ0v) is 12.4. The summed E-state index contributed by atoms with van der Waals surface area (Å²) in [5.74, 6) is -1.08. The number of aliphatic hydroxyl groups excluding tert-OH is 1. The molecule has 2 rings (SSSR count). The fourth-order valence-corrected chi connectivity index (χ4v) is 2.23. The summed E-state index contributed by atoms with van der Waals surface area (Å²) in [6, 6.07) is 1.77. The number of anilines is 1. The fraction of sp³-hybridized carbons (Fsp3) is 0.400. The Balaban J connectivity index is 1.99. The van der Waals surface area contributed by atoms with Crippen molar-refractivity contribution in [2.45, 2.75) is 18.6 Å². The number of amides is 2. The Morgan fingerprint density at radius 1 is 1.33 bits per heavy atom. The van der Waals surface area contributed by atoms with Gasteiger partial charge in [0.25, 0.3) is 0 Å². The van der Waals surface area contributed by atoms with Gasteiger partial charge in [0.05, 0.1) is 5.69 Å². The quantitative estimate of drug-likeness (QED) is 0.566. The molecule has 2 atom stereocenters. The number of hydrogen-bond acceptors (Lipinski definition) is 3. The van der Waals surface area contributed by atoms with Gasteiger partial charge < -0.3 is 20.5 Å². The van der Waals surface area contributed by atoms with Crippen LogP contribution in [0.5, 0.6) is 5.75 Å². The molecule has 3 N–H and O–H groups in total. The van der Waals surface area contributed by atoms with Crippen LogP contribution in [0.2, 0.25) is 0 Å². The molecule has 0 heterocycles. The molecule has 0 bridgehead atoms. The second-order valence-corrected chi connectivity index (χ2v) is 5.31. The average molecular weight is 348 g/mol. The standard InChI is InChI=1S/C15H16F4N2O3/c16-10-2-4-13(24-8-15(17,18)19)12(6-10)21-14(23)20-11-3-1-9(5-11)7-22/h1-4,6,9,11,22H,5,7-8H2,(H2,20,21,23)/t9-,11+/m0/s1. The Hall–Kier alpha value is -2.29. The van der Waals surface area contributed by atoms with Gasteiger partial charge >= 0.3 is 12.2 Å². The van der Waals surface area contributed by atoms with E-state index >= 15 is 0 Å².